The van der Waals surface area contributed by atoms with Crippen molar-refractivity contribution in [2.75, 3.05) is 13.1 Å². The normalized spacial score (nSPS) is 33.4. The van der Waals surface area contributed by atoms with Gasteiger partial charge in [0.25, 0.3) is 0 Å². The van der Waals surface area contributed by atoms with Gasteiger partial charge in [-0.05, 0) is 44.2 Å². The molecule has 0 bridgehead atoms. The third-order valence-corrected chi connectivity index (χ3v) is 3.95. The molecule has 4 N–H and O–H groups in total. The van der Waals surface area contributed by atoms with Crippen molar-refractivity contribution in [2.45, 2.75) is 50.7 Å². The molecule has 1 saturated carbocycles. The topological polar surface area (TPSA) is 58.3 Å². The minimum absolute atomic E-state index is 0.321. The van der Waals surface area contributed by atoms with E-state index >= 15 is 0 Å². The highest BCUT2D eigenvalue weighted by atomic mass is 16.3. The predicted octanol–water partition coefficient (Wildman–Crippen LogP) is 0.618. The number of rotatable bonds is 1. The van der Waals surface area contributed by atoms with E-state index in [1.807, 2.05) is 0 Å². The maximum atomic E-state index is 10.5. The monoisotopic (exact) mass is 198 g/mol. The van der Waals surface area contributed by atoms with Crippen LogP contribution in [0, 0.1) is 5.41 Å². The van der Waals surface area contributed by atoms with Gasteiger partial charge in [0.1, 0.15) is 0 Å². The molecule has 3 heteroatoms. The summed E-state index contributed by atoms with van der Waals surface area (Å²) in [5, 5.41) is 13.8. The summed E-state index contributed by atoms with van der Waals surface area (Å²) in [4.78, 5) is 0. The average molecular weight is 198 g/mol. The van der Waals surface area contributed by atoms with Gasteiger partial charge in [0, 0.05) is 5.54 Å². The van der Waals surface area contributed by atoms with Crippen molar-refractivity contribution < 1.29 is 5.11 Å². The van der Waals surface area contributed by atoms with Gasteiger partial charge in [0.05, 0.1) is 5.60 Å². The van der Waals surface area contributed by atoms with Gasteiger partial charge in [0.15, 0.2) is 0 Å². The SMILES string of the molecule is CC1(C)CC(N)(C2(O)CCNCC2)C1. The van der Waals surface area contributed by atoms with E-state index in [0.29, 0.717) is 5.41 Å². The van der Waals surface area contributed by atoms with Crippen LogP contribution >= 0.6 is 0 Å². The largest absolute Gasteiger partial charge is 0.388 e. The van der Waals surface area contributed by atoms with Crippen LogP contribution in [0.3, 0.4) is 0 Å². The Hall–Kier alpha value is -0.120. The fourth-order valence-corrected chi connectivity index (χ4v) is 3.32. The molecular weight excluding hydrogens is 176 g/mol. The van der Waals surface area contributed by atoms with Gasteiger partial charge in [-0.1, -0.05) is 13.8 Å². The summed E-state index contributed by atoms with van der Waals surface area (Å²) in [6, 6.07) is 0. The molecule has 0 radical (unpaired) electrons. The van der Waals surface area contributed by atoms with Crippen LogP contribution in [0.25, 0.3) is 0 Å². The Bertz CT molecular complexity index is 223. The molecular formula is C11H22N2O. The molecule has 82 valence electrons. The lowest BCUT2D eigenvalue weighted by Gasteiger charge is -2.59. The quantitative estimate of drug-likeness (QED) is 0.579. The van der Waals surface area contributed by atoms with Crippen molar-refractivity contribution in [3.05, 3.63) is 0 Å². The highest BCUT2D eigenvalue weighted by molar-refractivity contribution is 5.15. The minimum Gasteiger partial charge on any atom is -0.388 e. The van der Waals surface area contributed by atoms with E-state index < -0.39 is 5.60 Å². The molecule has 0 amide bonds. The smallest absolute Gasteiger partial charge is 0.0850 e. The molecule has 0 aromatic rings. The Morgan fingerprint density at radius 2 is 1.64 bits per heavy atom. The summed E-state index contributed by atoms with van der Waals surface area (Å²) in [5.41, 5.74) is 5.70. The third-order valence-electron chi connectivity index (χ3n) is 3.95. The van der Waals surface area contributed by atoms with Crippen LogP contribution in [0.4, 0.5) is 0 Å². The fourth-order valence-electron chi connectivity index (χ4n) is 3.32. The summed E-state index contributed by atoms with van der Waals surface area (Å²) >= 11 is 0. The summed E-state index contributed by atoms with van der Waals surface area (Å²) < 4.78 is 0. The molecule has 0 unspecified atom stereocenters. The van der Waals surface area contributed by atoms with Gasteiger partial charge in [0.2, 0.25) is 0 Å². The first-order valence-corrected chi connectivity index (χ1v) is 5.59. The first kappa shape index (κ1) is 10.4. The second-order valence-electron chi connectivity index (χ2n) is 5.96. The molecule has 1 aliphatic carbocycles. The van der Waals surface area contributed by atoms with E-state index in [4.69, 9.17) is 5.73 Å². The van der Waals surface area contributed by atoms with Crippen LogP contribution in [-0.2, 0) is 0 Å². The van der Waals surface area contributed by atoms with Crippen molar-refractivity contribution in [3.8, 4) is 0 Å². The highest BCUT2D eigenvalue weighted by Crippen LogP contribution is 2.53. The number of aliphatic hydroxyl groups is 1. The zero-order valence-corrected chi connectivity index (χ0v) is 9.27. The van der Waals surface area contributed by atoms with E-state index in [1.165, 1.54) is 0 Å². The van der Waals surface area contributed by atoms with Crippen LogP contribution in [-0.4, -0.2) is 29.3 Å². The zero-order chi connectivity index (χ0) is 10.4. The second-order valence-corrected chi connectivity index (χ2v) is 5.96. The summed E-state index contributed by atoms with van der Waals surface area (Å²) in [7, 11) is 0. The summed E-state index contributed by atoms with van der Waals surface area (Å²) in [6.45, 7) is 6.25. The van der Waals surface area contributed by atoms with Crippen LogP contribution in [0.5, 0.6) is 0 Å². The lowest BCUT2D eigenvalue weighted by molar-refractivity contribution is -0.130. The van der Waals surface area contributed by atoms with E-state index in [2.05, 4.69) is 19.2 Å². The van der Waals surface area contributed by atoms with Crippen molar-refractivity contribution in [2.24, 2.45) is 11.1 Å². The van der Waals surface area contributed by atoms with Gasteiger partial charge in [-0.25, -0.2) is 0 Å². The molecule has 0 spiro atoms. The molecule has 3 nitrogen and oxygen atoms in total. The minimum atomic E-state index is -0.617. The molecule has 2 aliphatic rings. The molecule has 2 fully saturated rings. The van der Waals surface area contributed by atoms with Gasteiger partial charge in [-0.15, -0.1) is 0 Å². The standard InChI is InChI=1S/C11H22N2O/c1-9(2)7-10(12,8-9)11(14)3-5-13-6-4-11/h13-14H,3-8,12H2,1-2H3. The van der Waals surface area contributed by atoms with Gasteiger partial charge in [-0.3, -0.25) is 0 Å². The first-order valence-electron chi connectivity index (χ1n) is 5.59. The van der Waals surface area contributed by atoms with E-state index in [1.54, 1.807) is 0 Å². The molecule has 0 atom stereocenters. The number of nitrogens with one attached hydrogen (secondary N) is 1. The Morgan fingerprint density at radius 1 is 1.14 bits per heavy atom. The van der Waals surface area contributed by atoms with Crippen molar-refractivity contribution in [3.63, 3.8) is 0 Å². The Balaban J connectivity index is 2.07. The Kier molecular flexibility index (Phi) is 2.18. The third kappa shape index (κ3) is 1.47. The predicted molar refractivity (Wildman–Crippen MR) is 57.0 cm³/mol. The summed E-state index contributed by atoms with van der Waals surface area (Å²) in [6.07, 6.45) is 3.52. The molecule has 0 aromatic carbocycles. The van der Waals surface area contributed by atoms with Crippen LogP contribution in [0.2, 0.25) is 0 Å². The zero-order valence-electron chi connectivity index (χ0n) is 9.27. The maximum absolute atomic E-state index is 10.5. The van der Waals surface area contributed by atoms with Crippen molar-refractivity contribution in [1.29, 1.82) is 0 Å². The molecule has 1 saturated heterocycles. The number of hydrogen-bond donors (Lipinski definition) is 3. The number of piperidine rings is 1. The van der Waals surface area contributed by atoms with Gasteiger partial charge < -0.3 is 16.2 Å². The molecule has 1 aliphatic heterocycles. The number of hydrogen-bond acceptors (Lipinski definition) is 3. The van der Waals surface area contributed by atoms with Gasteiger partial charge in [-0.2, -0.15) is 0 Å². The Labute approximate surface area is 86.1 Å². The highest BCUT2D eigenvalue weighted by Gasteiger charge is 2.58. The first-order chi connectivity index (χ1) is 6.37. The molecule has 0 aromatic heterocycles. The van der Waals surface area contributed by atoms with Crippen LogP contribution < -0.4 is 11.1 Å². The van der Waals surface area contributed by atoms with Crippen molar-refractivity contribution in [1.82, 2.24) is 5.32 Å². The number of nitrogens with two attached hydrogens (primary N) is 1. The van der Waals surface area contributed by atoms with Crippen LogP contribution in [0.15, 0.2) is 0 Å². The second kappa shape index (κ2) is 2.94. The molecule has 2 rings (SSSR count). The maximum Gasteiger partial charge on any atom is 0.0850 e. The lowest BCUT2D eigenvalue weighted by Crippen LogP contribution is -2.71. The lowest BCUT2D eigenvalue weighted by atomic mass is 9.52. The van der Waals surface area contributed by atoms with Gasteiger partial charge >= 0.3 is 0 Å². The molecule has 14 heavy (non-hydrogen) atoms. The fraction of sp³-hybridized carbons (Fsp3) is 1.00. The Morgan fingerprint density at radius 3 is 2.07 bits per heavy atom. The summed E-state index contributed by atoms with van der Waals surface area (Å²) in [5.74, 6) is 0. The van der Waals surface area contributed by atoms with E-state index in [9.17, 15) is 5.11 Å². The van der Waals surface area contributed by atoms with E-state index in [-0.39, 0.29) is 5.54 Å². The average Bonchev–Trinajstić information content (AvgIpc) is 2.01. The van der Waals surface area contributed by atoms with E-state index in [0.717, 1.165) is 38.8 Å². The molecule has 1 heterocycles. The van der Waals surface area contributed by atoms with Crippen molar-refractivity contribution >= 4 is 0 Å². The van der Waals surface area contributed by atoms with Crippen LogP contribution in [0.1, 0.15) is 39.5 Å².